The van der Waals surface area contributed by atoms with E-state index in [4.69, 9.17) is 26.6 Å². The van der Waals surface area contributed by atoms with Crippen molar-refractivity contribution in [3.8, 4) is 5.75 Å². The molecule has 0 heterocycles. The predicted octanol–water partition coefficient (Wildman–Crippen LogP) is 1.43. The zero-order valence-electron chi connectivity index (χ0n) is 10.5. The van der Waals surface area contributed by atoms with E-state index in [1.165, 1.54) is 6.92 Å². The fourth-order valence-corrected chi connectivity index (χ4v) is 2.02. The number of carboxylic acids is 1. The lowest BCUT2D eigenvalue weighted by molar-refractivity contribution is -0.146. The molecule has 0 aliphatic rings. The Bertz CT molecular complexity index is 511. The van der Waals surface area contributed by atoms with Gasteiger partial charge in [0.2, 0.25) is 0 Å². The summed E-state index contributed by atoms with van der Waals surface area (Å²) in [5.74, 6) is -1.51. The molecule has 0 aliphatic heterocycles. The summed E-state index contributed by atoms with van der Waals surface area (Å²) in [5, 5.41) is 20.3. The number of halogens is 2. The zero-order chi connectivity index (χ0) is 15.3. The van der Waals surface area contributed by atoms with E-state index < -0.39 is 24.1 Å². The number of aliphatic hydroxyl groups is 1. The van der Waals surface area contributed by atoms with Crippen LogP contribution in [-0.2, 0) is 9.59 Å². The third-order valence-corrected chi connectivity index (χ3v) is 3.18. The lowest BCUT2D eigenvalue weighted by Gasteiger charge is -2.16. The number of hydrogen-bond donors (Lipinski definition) is 3. The molecule has 3 N–H and O–H groups in total. The molecule has 0 saturated carbocycles. The molecule has 0 bridgehead atoms. The average molecular weight is 367 g/mol. The Hall–Kier alpha value is -1.31. The Labute approximate surface area is 128 Å². The first kappa shape index (κ1) is 16.7. The first-order chi connectivity index (χ1) is 9.31. The Kier molecular flexibility index (Phi) is 6.25. The molecule has 0 fully saturated rings. The van der Waals surface area contributed by atoms with Crippen molar-refractivity contribution in [2.24, 2.45) is 0 Å². The molecule has 6 nitrogen and oxygen atoms in total. The maximum Gasteiger partial charge on any atom is 0.334 e. The lowest BCUT2D eigenvalue weighted by Crippen LogP contribution is -2.42. The predicted molar refractivity (Wildman–Crippen MR) is 75.9 cm³/mol. The van der Waals surface area contributed by atoms with Crippen molar-refractivity contribution in [2.45, 2.75) is 19.1 Å². The van der Waals surface area contributed by atoms with Gasteiger partial charge in [0.25, 0.3) is 5.91 Å². The highest BCUT2D eigenvalue weighted by atomic mass is 79.9. The molecule has 1 rings (SSSR count). The molecule has 110 valence electrons. The average Bonchev–Trinajstić information content (AvgIpc) is 2.38. The second-order valence-electron chi connectivity index (χ2n) is 3.93. The van der Waals surface area contributed by atoms with Crippen molar-refractivity contribution in [3.05, 3.63) is 27.7 Å². The second kappa shape index (κ2) is 7.47. The number of nitrogens with one attached hydrogen (secondary N) is 1. The third-order valence-electron chi connectivity index (χ3n) is 2.32. The number of rotatable bonds is 6. The Morgan fingerprint density at radius 2 is 2.15 bits per heavy atom. The van der Waals surface area contributed by atoms with Crippen molar-refractivity contribution in [1.29, 1.82) is 0 Å². The fraction of sp³-hybridized carbons (Fsp3) is 0.333. The number of carboxylic acid groups (broad SMARTS) is 1. The van der Waals surface area contributed by atoms with Crippen molar-refractivity contribution < 1.29 is 24.5 Å². The lowest BCUT2D eigenvalue weighted by atomic mass is 10.3. The van der Waals surface area contributed by atoms with Gasteiger partial charge in [-0.1, -0.05) is 11.6 Å². The molecule has 2 atom stereocenters. The van der Waals surface area contributed by atoms with Gasteiger partial charge >= 0.3 is 5.97 Å². The molecule has 1 amide bonds. The topological polar surface area (TPSA) is 95.9 Å². The molecule has 0 saturated heterocycles. The molecule has 0 spiro atoms. The number of carbonyl (C=O) groups is 2. The van der Waals surface area contributed by atoms with Crippen LogP contribution in [0.4, 0.5) is 0 Å². The van der Waals surface area contributed by atoms with Gasteiger partial charge < -0.3 is 20.3 Å². The Morgan fingerprint density at radius 3 is 2.70 bits per heavy atom. The molecule has 0 aromatic heterocycles. The van der Waals surface area contributed by atoms with Crippen LogP contribution in [0.2, 0.25) is 5.02 Å². The number of aliphatic carboxylic acids is 1. The van der Waals surface area contributed by atoms with E-state index in [0.29, 0.717) is 15.2 Å². The maximum atomic E-state index is 11.7. The van der Waals surface area contributed by atoms with Crippen LogP contribution < -0.4 is 10.1 Å². The number of carbonyl (C=O) groups excluding carboxylic acids is 1. The Morgan fingerprint density at radius 1 is 1.50 bits per heavy atom. The van der Waals surface area contributed by atoms with Gasteiger partial charge in [-0.2, -0.15) is 0 Å². The molecular formula is C12H13BrClNO5. The van der Waals surface area contributed by atoms with E-state index in [1.54, 1.807) is 18.2 Å². The minimum atomic E-state index is -1.64. The minimum Gasteiger partial charge on any atom is -0.480 e. The molecular weight excluding hydrogens is 353 g/mol. The first-order valence-corrected chi connectivity index (χ1v) is 6.78. The summed E-state index contributed by atoms with van der Waals surface area (Å²) in [5.41, 5.74) is 0. The molecule has 20 heavy (non-hydrogen) atoms. The quantitative estimate of drug-likeness (QED) is 0.708. The van der Waals surface area contributed by atoms with Crippen LogP contribution in [0.1, 0.15) is 6.92 Å². The summed E-state index contributed by atoms with van der Waals surface area (Å²) in [7, 11) is 0. The zero-order valence-corrected chi connectivity index (χ0v) is 12.8. The summed E-state index contributed by atoms with van der Waals surface area (Å²) < 4.78 is 6.00. The van der Waals surface area contributed by atoms with E-state index in [-0.39, 0.29) is 6.54 Å². The molecule has 0 aliphatic carbocycles. The number of benzene rings is 1. The summed E-state index contributed by atoms with van der Waals surface area (Å²) in [6.45, 7) is 1.12. The van der Waals surface area contributed by atoms with Crippen molar-refractivity contribution >= 4 is 39.4 Å². The monoisotopic (exact) mass is 365 g/mol. The first-order valence-electron chi connectivity index (χ1n) is 5.61. The van der Waals surface area contributed by atoms with Gasteiger partial charge in [-0.05, 0) is 41.1 Å². The number of ether oxygens (including phenoxy) is 1. The molecule has 8 heteroatoms. The van der Waals surface area contributed by atoms with Crippen LogP contribution in [0.5, 0.6) is 5.75 Å². The van der Waals surface area contributed by atoms with Gasteiger partial charge in [-0.25, -0.2) is 4.79 Å². The number of amides is 1. The highest BCUT2D eigenvalue weighted by Crippen LogP contribution is 2.28. The van der Waals surface area contributed by atoms with Gasteiger partial charge in [0, 0.05) is 5.02 Å². The van der Waals surface area contributed by atoms with E-state index >= 15 is 0 Å². The highest BCUT2D eigenvalue weighted by molar-refractivity contribution is 9.10. The fourth-order valence-electron chi connectivity index (χ4n) is 1.24. The highest BCUT2D eigenvalue weighted by Gasteiger charge is 2.19. The molecule has 1 aromatic rings. The molecule has 1 aromatic carbocycles. The second-order valence-corrected chi connectivity index (χ2v) is 5.22. The third kappa shape index (κ3) is 4.99. The van der Waals surface area contributed by atoms with Crippen LogP contribution in [0, 0.1) is 0 Å². The van der Waals surface area contributed by atoms with Crippen LogP contribution in [0.25, 0.3) is 0 Å². The largest absolute Gasteiger partial charge is 0.480 e. The van der Waals surface area contributed by atoms with E-state index in [2.05, 4.69) is 21.2 Å². The van der Waals surface area contributed by atoms with E-state index in [1.807, 2.05) is 0 Å². The van der Waals surface area contributed by atoms with Crippen LogP contribution in [-0.4, -0.2) is 40.8 Å². The Balaban J connectivity index is 2.55. The summed E-state index contributed by atoms with van der Waals surface area (Å²) >= 11 is 9.03. The van der Waals surface area contributed by atoms with Crippen LogP contribution in [0.15, 0.2) is 22.7 Å². The van der Waals surface area contributed by atoms with Gasteiger partial charge in [-0.15, -0.1) is 0 Å². The smallest absolute Gasteiger partial charge is 0.334 e. The maximum absolute atomic E-state index is 11.7. The van der Waals surface area contributed by atoms with Gasteiger partial charge in [0.05, 0.1) is 11.0 Å². The SMILES string of the molecule is CC(Oc1ccc(Cl)cc1Br)C(=O)NCC(O)C(=O)O. The number of aliphatic hydroxyl groups excluding tert-OH is 1. The summed E-state index contributed by atoms with van der Waals surface area (Å²) in [6, 6.07) is 4.83. The van der Waals surface area contributed by atoms with Crippen LogP contribution in [0.3, 0.4) is 0 Å². The summed E-state index contributed by atoms with van der Waals surface area (Å²) in [6.07, 6.45) is -2.50. The van der Waals surface area contributed by atoms with E-state index in [9.17, 15) is 9.59 Å². The van der Waals surface area contributed by atoms with E-state index in [0.717, 1.165) is 0 Å². The van der Waals surface area contributed by atoms with Gasteiger partial charge in [0.1, 0.15) is 5.75 Å². The van der Waals surface area contributed by atoms with Crippen molar-refractivity contribution in [3.63, 3.8) is 0 Å². The summed E-state index contributed by atoms with van der Waals surface area (Å²) in [4.78, 5) is 22.1. The molecule has 2 unspecified atom stereocenters. The normalized spacial score (nSPS) is 13.4. The minimum absolute atomic E-state index is 0.385. The van der Waals surface area contributed by atoms with Crippen molar-refractivity contribution in [1.82, 2.24) is 5.32 Å². The molecule has 0 radical (unpaired) electrons. The van der Waals surface area contributed by atoms with Gasteiger partial charge in [-0.3, -0.25) is 4.79 Å². The van der Waals surface area contributed by atoms with Crippen molar-refractivity contribution in [2.75, 3.05) is 6.54 Å². The number of hydrogen-bond acceptors (Lipinski definition) is 4. The van der Waals surface area contributed by atoms with Gasteiger partial charge in [0.15, 0.2) is 12.2 Å². The standard InChI is InChI=1S/C12H13BrClNO5/c1-6(11(17)15-5-9(16)12(18)19)20-10-3-2-7(14)4-8(10)13/h2-4,6,9,16H,5H2,1H3,(H,15,17)(H,18,19). The van der Waals surface area contributed by atoms with Crippen LogP contribution >= 0.6 is 27.5 Å².